The molecule has 1 N–H and O–H groups in total. The Hall–Kier alpha value is -2.19. The summed E-state index contributed by atoms with van der Waals surface area (Å²) in [5, 5.41) is 3.27. The summed E-state index contributed by atoms with van der Waals surface area (Å²) in [5.41, 5.74) is 0.890. The molecule has 1 aliphatic carbocycles. The van der Waals surface area contributed by atoms with Gasteiger partial charge in [-0.15, -0.1) is 13.2 Å². The molecule has 4 nitrogen and oxygen atoms in total. The van der Waals surface area contributed by atoms with Gasteiger partial charge in [-0.25, -0.2) is 4.39 Å². The number of ether oxygens (including phenoxy) is 2. The number of nitrogens with one attached hydrogen (secondary N) is 1. The first-order valence-corrected chi connectivity index (χ1v) is 11.1. The van der Waals surface area contributed by atoms with Crippen LogP contribution in [0.3, 0.4) is 0 Å². The van der Waals surface area contributed by atoms with E-state index in [0.29, 0.717) is 18.7 Å². The molecule has 1 spiro atoms. The Morgan fingerprint density at radius 2 is 1.84 bits per heavy atom. The average molecular weight is 452 g/mol. The highest BCUT2D eigenvalue weighted by molar-refractivity contribution is 5.33. The Labute approximate surface area is 185 Å². The minimum absolute atomic E-state index is 0.151. The van der Waals surface area contributed by atoms with Crippen molar-refractivity contribution in [3.8, 4) is 5.75 Å². The Kier molecular flexibility index (Phi) is 6.72. The minimum atomic E-state index is -4.73. The van der Waals surface area contributed by atoms with Gasteiger partial charge in [-0.05, 0) is 56.8 Å². The molecule has 1 aromatic heterocycles. The summed E-state index contributed by atoms with van der Waals surface area (Å²) in [5.74, 6) is -0.565. The molecule has 174 valence electrons. The van der Waals surface area contributed by atoms with Gasteiger partial charge in [0.1, 0.15) is 11.6 Å². The molecule has 0 radical (unpaired) electrons. The van der Waals surface area contributed by atoms with Crippen molar-refractivity contribution in [1.82, 2.24) is 10.3 Å². The summed E-state index contributed by atoms with van der Waals surface area (Å²) < 4.78 is 61.9. The Morgan fingerprint density at radius 3 is 2.56 bits per heavy atom. The molecule has 0 bridgehead atoms. The van der Waals surface area contributed by atoms with Crippen LogP contribution in [0, 0.1) is 5.82 Å². The molecule has 0 amide bonds. The van der Waals surface area contributed by atoms with Gasteiger partial charge in [0.2, 0.25) is 0 Å². The van der Waals surface area contributed by atoms with Crippen LogP contribution in [0.5, 0.6) is 5.75 Å². The molecule has 1 saturated carbocycles. The zero-order chi connectivity index (χ0) is 22.7. The lowest BCUT2D eigenvalue weighted by molar-refractivity contribution is -0.274. The van der Waals surface area contributed by atoms with Gasteiger partial charge in [-0.1, -0.05) is 31.0 Å². The average Bonchev–Trinajstić information content (AvgIpc) is 3.19. The number of benzene rings is 1. The van der Waals surface area contributed by atoms with Gasteiger partial charge in [0.25, 0.3) is 0 Å². The molecule has 2 aromatic rings. The van der Waals surface area contributed by atoms with Crippen LogP contribution in [-0.2, 0) is 16.7 Å². The molecule has 32 heavy (non-hydrogen) atoms. The number of pyridine rings is 1. The van der Waals surface area contributed by atoms with Gasteiger partial charge in [0.05, 0.1) is 11.8 Å². The number of rotatable bonds is 7. The van der Waals surface area contributed by atoms with Crippen molar-refractivity contribution in [1.29, 1.82) is 0 Å². The minimum Gasteiger partial charge on any atom is -0.405 e. The lowest BCUT2D eigenvalue weighted by Crippen LogP contribution is -2.47. The number of nitrogens with zero attached hydrogens (tertiary/aromatic N) is 1. The number of para-hydroxylation sites is 1. The van der Waals surface area contributed by atoms with E-state index in [9.17, 15) is 17.6 Å². The lowest BCUT2D eigenvalue weighted by atomic mass is 9.68. The topological polar surface area (TPSA) is 43.4 Å². The first kappa shape index (κ1) is 23.0. The highest BCUT2D eigenvalue weighted by Crippen LogP contribution is 2.49. The standard InChI is InChI=1S/C24H28F4N2O2/c25-19-7-8-21(30-16-19)22(12-14-31-23(17-22)9-3-4-10-23)11-13-29-15-18-5-1-2-6-20(18)32-24(26,27)28/h1-2,5-8,16,29H,3-4,9-15,17H2/t22-/m1/s1. The Bertz CT molecular complexity index is 898. The maximum Gasteiger partial charge on any atom is 0.573 e. The van der Waals surface area contributed by atoms with Gasteiger partial charge in [-0.3, -0.25) is 4.98 Å². The predicted octanol–water partition coefficient (Wildman–Crippen LogP) is 5.66. The highest BCUT2D eigenvalue weighted by Gasteiger charge is 2.48. The number of hydrogen-bond donors (Lipinski definition) is 1. The van der Waals surface area contributed by atoms with E-state index < -0.39 is 6.36 Å². The molecular weight excluding hydrogens is 424 g/mol. The van der Waals surface area contributed by atoms with Crippen molar-refractivity contribution in [3.05, 3.63) is 59.7 Å². The molecule has 1 saturated heterocycles. The molecule has 8 heteroatoms. The van der Waals surface area contributed by atoms with Crippen molar-refractivity contribution in [3.63, 3.8) is 0 Å². The van der Waals surface area contributed by atoms with Crippen molar-refractivity contribution in [2.24, 2.45) is 0 Å². The van der Waals surface area contributed by atoms with Crippen molar-refractivity contribution in [2.75, 3.05) is 13.2 Å². The third-order valence-corrected chi connectivity index (χ3v) is 6.73. The van der Waals surface area contributed by atoms with Crippen LogP contribution in [0.2, 0.25) is 0 Å². The van der Waals surface area contributed by atoms with Crippen molar-refractivity contribution < 1.29 is 27.0 Å². The Balaban J connectivity index is 1.46. The second-order valence-electron chi connectivity index (χ2n) is 8.89. The second kappa shape index (κ2) is 9.35. The number of hydrogen-bond acceptors (Lipinski definition) is 4. The van der Waals surface area contributed by atoms with Crippen molar-refractivity contribution in [2.45, 2.75) is 68.9 Å². The molecule has 1 atom stereocenters. The number of alkyl halides is 3. The SMILES string of the molecule is Fc1ccc([C@]2(CCNCc3ccccc3OC(F)(F)F)CCOC3(CCCC3)C2)nc1. The first-order valence-electron chi connectivity index (χ1n) is 11.1. The highest BCUT2D eigenvalue weighted by atomic mass is 19.4. The molecule has 2 heterocycles. The van der Waals surface area contributed by atoms with E-state index in [1.807, 2.05) is 0 Å². The molecular formula is C24H28F4N2O2. The van der Waals surface area contributed by atoms with Gasteiger partial charge in [-0.2, -0.15) is 0 Å². The smallest absolute Gasteiger partial charge is 0.405 e. The van der Waals surface area contributed by atoms with Gasteiger partial charge < -0.3 is 14.8 Å². The fourth-order valence-corrected chi connectivity index (χ4v) is 5.23. The first-order chi connectivity index (χ1) is 15.3. The lowest BCUT2D eigenvalue weighted by Gasteiger charge is -2.46. The maximum absolute atomic E-state index is 13.5. The van der Waals surface area contributed by atoms with Crippen LogP contribution in [0.1, 0.15) is 56.2 Å². The van der Waals surface area contributed by atoms with Crippen LogP contribution in [0.15, 0.2) is 42.6 Å². The fraction of sp³-hybridized carbons (Fsp3) is 0.542. The van der Waals surface area contributed by atoms with Crippen LogP contribution < -0.4 is 10.1 Å². The maximum atomic E-state index is 13.5. The predicted molar refractivity (Wildman–Crippen MR) is 112 cm³/mol. The summed E-state index contributed by atoms with van der Waals surface area (Å²) in [6, 6.07) is 9.34. The van der Waals surface area contributed by atoms with Gasteiger partial charge in [0.15, 0.2) is 0 Å². The summed E-state index contributed by atoms with van der Waals surface area (Å²) in [4.78, 5) is 4.42. The number of halogens is 4. The van der Waals surface area contributed by atoms with E-state index in [1.54, 1.807) is 18.2 Å². The van der Waals surface area contributed by atoms with Crippen LogP contribution in [0.4, 0.5) is 17.6 Å². The molecule has 0 unspecified atom stereocenters. The quantitative estimate of drug-likeness (QED) is 0.435. The summed E-state index contributed by atoms with van der Waals surface area (Å²) >= 11 is 0. The van der Waals surface area contributed by atoms with E-state index in [2.05, 4.69) is 15.0 Å². The normalized spacial score (nSPS) is 22.9. The zero-order valence-corrected chi connectivity index (χ0v) is 17.9. The van der Waals surface area contributed by atoms with E-state index in [0.717, 1.165) is 50.6 Å². The summed E-state index contributed by atoms with van der Waals surface area (Å²) in [7, 11) is 0. The summed E-state index contributed by atoms with van der Waals surface area (Å²) in [6.45, 7) is 1.46. The van der Waals surface area contributed by atoms with Crippen LogP contribution >= 0.6 is 0 Å². The zero-order valence-electron chi connectivity index (χ0n) is 17.9. The number of aromatic nitrogens is 1. The van der Waals surface area contributed by atoms with E-state index in [-0.39, 0.29) is 29.1 Å². The third-order valence-electron chi connectivity index (χ3n) is 6.73. The van der Waals surface area contributed by atoms with E-state index in [4.69, 9.17) is 4.74 Å². The van der Waals surface area contributed by atoms with E-state index in [1.165, 1.54) is 24.4 Å². The van der Waals surface area contributed by atoms with Gasteiger partial charge in [0, 0.05) is 29.8 Å². The summed E-state index contributed by atoms with van der Waals surface area (Å²) in [6.07, 6.45) is 3.19. The molecule has 2 aliphatic rings. The molecule has 1 aliphatic heterocycles. The van der Waals surface area contributed by atoms with Crippen molar-refractivity contribution >= 4 is 0 Å². The Morgan fingerprint density at radius 1 is 1.06 bits per heavy atom. The monoisotopic (exact) mass is 452 g/mol. The molecule has 4 rings (SSSR count). The van der Waals surface area contributed by atoms with Crippen LogP contribution in [-0.4, -0.2) is 30.1 Å². The fourth-order valence-electron chi connectivity index (χ4n) is 5.23. The molecule has 1 aromatic carbocycles. The third kappa shape index (κ3) is 5.41. The van der Waals surface area contributed by atoms with Gasteiger partial charge >= 0.3 is 6.36 Å². The molecule has 2 fully saturated rings. The largest absolute Gasteiger partial charge is 0.573 e. The van der Waals surface area contributed by atoms with Crippen LogP contribution in [0.25, 0.3) is 0 Å². The second-order valence-corrected chi connectivity index (χ2v) is 8.89. The van der Waals surface area contributed by atoms with E-state index >= 15 is 0 Å².